The molecule has 74 valence electrons. The van der Waals surface area contributed by atoms with Crippen molar-refractivity contribution in [2.24, 2.45) is 11.8 Å². The summed E-state index contributed by atoms with van der Waals surface area (Å²) >= 11 is 0. The van der Waals surface area contributed by atoms with Gasteiger partial charge in [0, 0.05) is 5.92 Å². The van der Waals surface area contributed by atoms with Gasteiger partial charge in [0.05, 0.1) is 10.5 Å². The highest BCUT2D eigenvalue weighted by Gasteiger charge is 2.48. The zero-order chi connectivity index (χ0) is 10.3. The Labute approximate surface area is 80.6 Å². The lowest BCUT2D eigenvalue weighted by molar-refractivity contribution is 0.354. The van der Waals surface area contributed by atoms with Crippen molar-refractivity contribution in [3.05, 3.63) is 0 Å². The van der Waals surface area contributed by atoms with Crippen LogP contribution < -0.4 is 0 Å². The van der Waals surface area contributed by atoms with Gasteiger partial charge < -0.3 is 0 Å². The molecule has 1 aliphatic rings. The molecule has 2 nitrogen and oxygen atoms in total. The summed E-state index contributed by atoms with van der Waals surface area (Å²) in [4.78, 5) is 0. The van der Waals surface area contributed by atoms with Gasteiger partial charge in [-0.25, -0.2) is 8.42 Å². The van der Waals surface area contributed by atoms with Gasteiger partial charge in [-0.1, -0.05) is 6.92 Å². The minimum atomic E-state index is -2.92. The van der Waals surface area contributed by atoms with E-state index in [-0.39, 0.29) is 17.6 Å². The Bertz CT molecular complexity index is 332. The van der Waals surface area contributed by atoms with Crippen LogP contribution in [0.1, 0.15) is 27.2 Å². The maximum atomic E-state index is 11.6. The smallest absolute Gasteiger partial charge is 0.155 e. The molecule has 0 bridgehead atoms. The summed E-state index contributed by atoms with van der Waals surface area (Å²) in [5.74, 6) is 3.09. The summed E-state index contributed by atoms with van der Waals surface area (Å²) in [6.07, 6.45) is 6.03. The van der Waals surface area contributed by atoms with Gasteiger partial charge >= 0.3 is 0 Å². The summed E-state index contributed by atoms with van der Waals surface area (Å²) in [6, 6.07) is 0. The molecule has 0 aliphatic carbocycles. The average Bonchev–Trinajstić information content (AvgIpc) is 2.22. The fourth-order valence-electron chi connectivity index (χ4n) is 2.09. The van der Waals surface area contributed by atoms with Gasteiger partial charge in [-0.2, -0.15) is 0 Å². The first-order valence-electron chi connectivity index (χ1n) is 4.51. The van der Waals surface area contributed by atoms with Crippen molar-refractivity contribution in [1.29, 1.82) is 0 Å². The van der Waals surface area contributed by atoms with Crippen molar-refractivity contribution in [3.8, 4) is 12.3 Å². The highest BCUT2D eigenvalue weighted by molar-refractivity contribution is 7.93. The van der Waals surface area contributed by atoms with Crippen molar-refractivity contribution in [2.75, 3.05) is 5.75 Å². The summed E-state index contributed by atoms with van der Waals surface area (Å²) in [7, 11) is -2.92. The maximum Gasteiger partial charge on any atom is 0.155 e. The van der Waals surface area contributed by atoms with Crippen LogP contribution in [0, 0.1) is 24.2 Å². The largest absolute Gasteiger partial charge is 0.228 e. The minimum Gasteiger partial charge on any atom is -0.228 e. The van der Waals surface area contributed by atoms with Gasteiger partial charge in [-0.05, 0) is 26.2 Å². The lowest BCUT2D eigenvalue weighted by atomic mass is 9.83. The fourth-order valence-corrected chi connectivity index (χ4v) is 3.97. The average molecular weight is 200 g/mol. The molecule has 0 aromatic rings. The predicted octanol–water partition coefficient (Wildman–Crippen LogP) is 1.47. The first-order chi connectivity index (χ1) is 5.83. The van der Waals surface area contributed by atoms with Gasteiger partial charge in [0.2, 0.25) is 0 Å². The number of sulfone groups is 1. The summed E-state index contributed by atoms with van der Waals surface area (Å²) in [5.41, 5.74) is 0. The molecule has 0 aromatic heterocycles. The van der Waals surface area contributed by atoms with Gasteiger partial charge in [-0.3, -0.25) is 0 Å². The third-order valence-corrected chi connectivity index (χ3v) is 5.94. The van der Waals surface area contributed by atoms with E-state index in [9.17, 15) is 8.42 Å². The van der Waals surface area contributed by atoms with E-state index < -0.39 is 14.6 Å². The Hall–Kier alpha value is -0.490. The number of terminal acetylenes is 1. The molecular weight excluding hydrogens is 184 g/mol. The van der Waals surface area contributed by atoms with Crippen LogP contribution in [0.25, 0.3) is 0 Å². The minimum absolute atomic E-state index is 0.0484. The van der Waals surface area contributed by atoms with E-state index in [2.05, 4.69) is 5.92 Å². The quantitative estimate of drug-likeness (QED) is 0.601. The van der Waals surface area contributed by atoms with Crippen molar-refractivity contribution in [1.82, 2.24) is 0 Å². The second-order valence-electron chi connectivity index (χ2n) is 4.27. The molecule has 1 aliphatic heterocycles. The van der Waals surface area contributed by atoms with Crippen LogP contribution in [-0.4, -0.2) is 18.9 Å². The van der Waals surface area contributed by atoms with E-state index in [1.165, 1.54) is 0 Å². The normalized spacial score (nSPS) is 32.3. The van der Waals surface area contributed by atoms with E-state index in [0.717, 1.165) is 0 Å². The van der Waals surface area contributed by atoms with Crippen molar-refractivity contribution in [3.63, 3.8) is 0 Å². The zero-order valence-corrected chi connectivity index (χ0v) is 9.19. The molecule has 1 rings (SSSR count). The van der Waals surface area contributed by atoms with Gasteiger partial charge in [0.1, 0.15) is 0 Å². The van der Waals surface area contributed by atoms with E-state index in [1.807, 2.05) is 6.92 Å². The molecule has 0 amide bonds. The first kappa shape index (κ1) is 10.6. The molecule has 3 heteroatoms. The van der Waals surface area contributed by atoms with Gasteiger partial charge in [0.15, 0.2) is 9.84 Å². The van der Waals surface area contributed by atoms with Crippen molar-refractivity contribution in [2.45, 2.75) is 31.9 Å². The molecule has 0 aromatic carbocycles. The highest BCUT2D eigenvalue weighted by Crippen LogP contribution is 2.41. The third kappa shape index (κ3) is 1.48. The Morgan fingerprint density at radius 3 is 2.38 bits per heavy atom. The summed E-state index contributed by atoms with van der Waals surface area (Å²) in [6.45, 7) is 5.49. The first-order valence-corrected chi connectivity index (χ1v) is 6.16. The highest BCUT2D eigenvalue weighted by atomic mass is 32.2. The van der Waals surface area contributed by atoms with Crippen molar-refractivity contribution >= 4 is 9.84 Å². The Morgan fingerprint density at radius 1 is 1.54 bits per heavy atom. The maximum absolute atomic E-state index is 11.6. The molecule has 1 fully saturated rings. The second kappa shape index (κ2) is 3.02. The van der Waals surface area contributed by atoms with E-state index >= 15 is 0 Å². The topological polar surface area (TPSA) is 34.1 Å². The monoisotopic (exact) mass is 200 g/mol. The van der Waals surface area contributed by atoms with Crippen LogP contribution in [0.4, 0.5) is 0 Å². The van der Waals surface area contributed by atoms with Gasteiger partial charge in [-0.15, -0.1) is 12.3 Å². The van der Waals surface area contributed by atoms with E-state index in [4.69, 9.17) is 6.42 Å². The molecule has 1 heterocycles. The molecule has 13 heavy (non-hydrogen) atoms. The van der Waals surface area contributed by atoms with E-state index in [0.29, 0.717) is 6.42 Å². The molecule has 0 saturated carbocycles. The van der Waals surface area contributed by atoms with Crippen LogP contribution in [0.15, 0.2) is 0 Å². The molecule has 0 radical (unpaired) electrons. The number of rotatable bonds is 1. The van der Waals surface area contributed by atoms with Crippen LogP contribution >= 0.6 is 0 Å². The SMILES string of the molecule is C#CC(C)C1CCS(=O)(=O)C1(C)C. The fraction of sp³-hybridized carbons (Fsp3) is 0.800. The zero-order valence-electron chi connectivity index (χ0n) is 8.37. The van der Waals surface area contributed by atoms with E-state index in [1.54, 1.807) is 13.8 Å². The van der Waals surface area contributed by atoms with Crippen LogP contribution in [0.2, 0.25) is 0 Å². The number of hydrogen-bond donors (Lipinski definition) is 0. The molecule has 0 spiro atoms. The van der Waals surface area contributed by atoms with Crippen LogP contribution in [0.5, 0.6) is 0 Å². The molecule has 2 unspecified atom stereocenters. The Morgan fingerprint density at radius 2 is 2.08 bits per heavy atom. The Kier molecular flexibility index (Phi) is 2.46. The molecule has 2 atom stereocenters. The molecule has 0 N–H and O–H groups in total. The van der Waals surface area contributed by atoms with Gasteiger partial charge in [0.25, 0.3) is 0 Å². The van der Waals surface area contributed by atoms with Crippen LogP contribution in [0.3, 0.4) is 0 Å². The lowest BCUT2D eigenvalue weighted by Gasteiger charge is -2.27. The number of hydrogen-bond acceptors (Lipinski definition) is 2. The second-order valence-corrected chi connectivity index (χ2v) is 6.96. The summed E-state index contributed by atoms with van der Waals surface area (Å²) in [5, 5.41) is 0. The predicted molar refractivity (Wildman–Crippen MR) is 54.0 cm³/mol. The molecule has 1 saturated heterocycles. The lowest BCUT2D eigenvalue weighted by Crippen LogP contribution is -2.36. The van der Waals surface area contributed by atoms with Crippen LogP contribution in [-0.2, 0) is 9.84 Å². The molecular formula is C10H16O2S. The Balaban J connectivity index is 3.04. The standard InChI is InChI=1S/C10H16O2S/c1-5-8(2)9-6-7-13(11,12)10(9,3)4/h1,8-9H,6-7H2,2-4H3. The summed E-state index contributed by atoms with van der Waals surface area (Å²) < 4.78 is 22.7. The third-order valence-electron chi connectivity index (χ3n) is 3.26. The van der Waals surface area contributed by atoms with Crippen molar-refractivity contribution < 1.29 is 8.42 Å².